The summed E-state index contributed by atoms with van der Waals surface area (Å²) in [5.74, 6) is -1.000. The van der Waals surface area contributed by atoms with E-state index in [0.717, 1.165) is 60.8 Å². The minimum absolute atomic E-state index is 0.0133. The third-order valence-corrected chi connectivity index (χ3v) is 10.1. The monoisotopic (exact) mass is 705 g/mol. The molecule has 51 heavy (non-hydrogen) atoms. The van der Waals surface area contributed by atoms with Gasteiger partial charge < -0.3 is 19.5 Å². The predicted octanol–water partition coefficient (Wildman–Crippen LogP) is 11.6. The summed E-state index contributed by atoms with van der Waals surface area (Å²) in [6.07, 6.45) is 23.4. The lowest BCUT2D eigenvalue weighted by Crippen LogP contribution is -2.43. The number of nitrogens with one attached hydrogen (secondary N) is 1. The van der Waals surface area contributed by atoms with Gasteiger partial charge in [-0.05, 0) is 41.5 Å². The Bertz CT molecular complexity index is 1220. The van der Waals surface area contributed by atoms with E-state index in [-0.39, 0.29) is 31.3 Å². The van der Waals surface area contributed by atoms with Crippen molar-refractivity contribution in [2.45, 2.75) is 167 Å². The van der Waals surface area contributed by atoms with Crippen LogP contribution in [0.25, 0.3) is 11.1 Å². The zero-order valence-electron chi connectivity index (χ0n) is 31.9. The molecule has 2 aromatic rings. The van der Waals surface area contributed by atoms with Crippen LogP contribution in [0.1, 0.15) is 172 Å². The summed E-state index contributed by atoms with van der Waals surface area (Å²) >= 11 is 0. The number of alkyl carbamates (subject to hydrolysis) is 1. The topological polar surface area (TPSA) is 90.9 Å². The van der Waals surface area contributed by atoms with Crippen LogP contribution in [0.15, 0.2) is 48.5 Å². The van der Waals surface area contributed by atoms with Crippen LogP contribution >= 0.6 is 0 Å². The van der Waals surface area contributed by atoms with E-state index in [1.54, 1.807) is 0 Å². The third-order valence-electron chi connectivity index (χ3n) is 10.1. The Morgan fingerprint density at radius 3 is 1.49 bits per heavy atom. The van der Waals surface area contributed by atoms with Crippen LogP contribution in [0.3, 0.4) is 0 Å². The molecule has 0 unspecified atom stereocenters. The Balaban J connectivity index is 1.41. The lowest BCUT2D eigenvalue weighted by Gasteiger charge is -2.19. The van der Waals surface area contributed by atoms with Gasteiger partial charge in [-0.1, -0.05) is 178 Å². The van der Waals surface area contributed by atoms with Gasteiger partial charge in [-0.3, -0.25) is 4.79 Å². The number of amides is 1. The van der Waals surface area contributed by atoms with E-state index in [4.69, 9.17) is 14.2 Å². The molecule has 1 atom stereocenters. The number of hydrogen-bond donors (Lipinski definition) is 1. The Morgan fingerprint density at radius 1 is 0.569 bits per heavy atom. The van der Waals surface area contributed by atoms with Gasteiger partial charge in [0.25, 0.3) is 0 Å². The van der Waals surface area contributed by atoms with Gasteiger partial charge in [0.15, 0.2) is 0 Å². The van der Waals surface area contributed by atoms with Gasteiger partial charge in [0.1, 0.15) is 12.6 Å². The van der Waals surface area contributed by atoms with Crippen LogP contribution < -0.4 is 5.32 Å². The lowest BCUT2D eigenvalue weighted by atomic mass is 9.98. The first-order chi connectivity index (χ1) is 25.0. The van der Waals surface area contributed by atoms with Crippen LogP contribution in [0.2, 0.25) is 0 Å². The van der Waals surface area contributed by atoms with Crippen LogP contribution in [-0.2, 0) is 23.8 Å². The van der Waals surface area contributed by atoms with Gasteiger partial charge in [-0.15, -0.1) is 0 Å². The summed E-state index contributed by atoms with van der Waals surface area (Å²) in [5, 5.41) is 2.70. The number of benzene rings is 2. The van der Waals surface area contributed by atoms with Crippen molar-refractivity contribution in [3.63, 3.8) is 0 Å². The fourth-order valence-electron chi connectivity index (χ4n) is 7.00. The van der Waals surface area contributed by atoms with E-state index in [9.17, 15) is 14.4 Å². The molecular formula is C44H67NO6. The van der Waals surface area contributed by atoms with E-state index in [1.165, 1.54) is 89.9 Å². The number of carbonyl (C=O) groups is 3. The molecular weight excluding hydrogens is 638 g/mol. The second-order valence-corrected chi connectivity index (χ2v) is 14.3. The highest BCUT2D eigenvalue weighted by atomic mass is 16.6. The molecule has 1 N–H and O–H groups in total. The molecule has 0 bridgehead atoms. The number of esters is 2. The Morgan fingerprint density at radius 2 is 1.00 bits per heavy atom. The van der Waals surface area contributed by atoms with Crippen LogP contribution in [-0.4, -0.2) is 43.9 Å². The fourth-order valence-corrected chi connectivity index (χ4v) is 7.00. The van der Waals surface area contributed by atoms with Gasteiger partial charge in [0.05, 0.1) is 13.2 Å². The van der Waals surface area contributed by atoms with Crippen LogP contribution in [0, 0.1) is 0 Å². The minimum atomic E-state index is -0.992. The Hall–Kier alpha value is -3.35. The summed E-state index contributed by atoms with van der Waals surface area (Å²) in [7, 11) is 0. The number of rotatable bonds is 29. The van der Waals surface area contributed by atoms with Crippen molar-refractivity contribution in [2.75, 3.05) is 19.8 Å². The lowest BCUT2D eigenvalue weighted by molar-refractivity contribution is -0.147. The average Bonchev–Trinajstić information content (AvgIpc) is 3.47. The van der Waals surface area contributed by atoms with Crippen molar-refractivity contribution in [3.8, 4) is 11.1 Å². The second-order valence-electron chi connectivity index (χ2n) is 14.3. The van der Waals surface area contributed by atoms with Crippen LogP contribution in [0.4, 0.5) is 4.79 Å². The number of carbonyl (C=O) groups excluding carboxylic acids is 3. The predicted molar refractivity (Wildman–Crippen MR) is 207 cm³/mol. The zero-order chi connectivity index (χ0) is 36.4. The highest BCUT2D eigenvalue weighted by molar-refractivity contribution is 5.82. The van der Waals surface area contributed by atoms with Crippen molar-refractivity contribution < 1.29 is 28.6 Å². The number of fused-ring (bicyclic) bond motifs is 3. The molecule has 0 radical (unpaired) electrons. The standard InChI is InChI=1S/C44H67NO6/c1-3-5-7-9-11-13-15-17-19-25-33-49-42(46)32-31-41(43(47)50-34-26-20-18-16-14-12-10-8-6-4-2)45-44(48)51-35-40-38-29-23-21-27-36(38)37-28-22-24-30-39(37)40/h21-24,27-30,40-41H,3-20,25-26,31-35H2,1-2H3,(H,45,48)/t41-/m0/s1. The molecule has 2 aromatic carbocycles. The highest BCUT2D eigenvalue weighted by Crippen LogP contribution is 2.44. The van der Waals surface area contributed by atoms with Gasteiger partial charge in [0.2, 0.25) is 0 Å². The van der Waals surface area contributed by atoms with E-state index < -0.39 is 18.1 Å². The first kappa shape index (κ1) is 42.1. The van der Waals surface area contributed by atoms with Gasteiger partial charge in [-0.2, -0.15) is 0 Å². The summed E-state index contributed by atoms with van der Waals surface area (Å²) < 4.78 is 16.8. The molecule has 0 heterocycles. The van der Waals surface area contributed by atoms with Gasteiger partial charge >= 0.3 is 18.0 Å². The molecule has 0 aliphatic heterocycles. The normalized spacial score (nSPS) is 12.6. The molecule has 0 fully saturated rings. The van der Waals surface area contributed by atoms with Gasteiger partial charge in [0, 0.05) is 12.3 Å². The molecule has 7 heteroatoms. The fraction of sp³-hybridized carbons (Fsp3) is 0.659. The van der Waals surface area contributed by atoms with Crippen LogP contribution in [0.5, 0.6) is 0 Å². The van der Waals surface area contributed by atoms with Crippen molar-refractivity contribution >= 4 is 18.0 Å². The summed E-state index contributed by atoms with van der Waals surface area (Å²) in [5.41, 5.74) is 4.52. The summed E-state index contributed by atoms with van der Waals surface area (Å²) in [6, 6.07) is 15.3. The van der Waals surface area contributed by atoms with Crippen molar-refractivity contribution in [2.24, 2.45) is 0 Å². The molecule has 0 saturated carbocycles. The van der Waals surface area contributed by atoms with E-state index in [2.05, 4.69) is 43.4 Å². The largest absolute Gasteiger partial charge is 0.466 e. The maximum Gasteiger partial charge on any atom is 0.407 e. The average molecular weight is 706 g/mol. The van der Waals surface area contributed by atoms with Gasteiger partial charge in [-0.25, -0.2) is 9.59 Å². The molecule has 0 saturated heterocycles. The highest BCUT2D eigenvalue weighted by Gasteiger charge is 2.30. The second kappa shape index (κ2) is 26.4. The first-order valence-electron chi connectivity index (χ1n) is 20.5. The Kier molecular flexibility index (Phi) is 21.8. The molecule has 7 nitrogen and oxygen atoms in total. The van der Waals surface area contributed by atoms with E-state index >= 15 is 0 Å². The number of unbranched alkanes of at least 4 members (excludes halogenated alkanes) is 18. The number of hydrogen-bond acceptors (Lipinski definition) is 6. The summed E-state index contributed by atoms with van der Waals surface area (Å²) in [6.45, 7) is 5.29. The summed E-state index contributed by atoms with van der Waals surface area (Å²) in [4.78, 5) is 38.8. The third kappa shape index (κ3) is 16.7. The SMILES string of the molecule is CCCCCCCCCCCCOC(=O)CC[C@H](NC(=O)OCC1c2ccccc2-c2ccccc21)C(=O)OCCCCCCCCCCCC. The molecule has 1 aliphatic rings. The quantitative estimate of drug-likeness (QED) is 0.0515. The maximum absolute atomic E-state index is 13.2. The van der Waals surface area contributed by atoms with E-state index in [1.807, 2.05) is 24.3 Å². The van der Waals surface area contributed by atoms with E-state index in [0.29, 0.717) is 13.2 Å². The minimum Gasteiger partial charge on any atom is -0.466 e. The van der Waals surface area contributed by atoms with Crippen molar-refractivity contribution in [1.82, 2.24) is 5.32 Å². The molecule has 0 spiro atoms. The Labute approximate surface area is 309 Å². The van der Waals surface area contributed by atoms with Crippen molar-refractivity contribution in [1.29, 1.82) is 0 Å². The smallest absolute Gasteiger partial charge is 0.407 e. The molecule has 284 valence electrons. The number of ether oxygens (including phenoxy) is 3. The first-order valence-corrected chi connectivity index (χ1v) is 20.5. The molecule has 0 aromatic heterocycles. The molecule has 3 rings (SSSR count). The maximum atomic E-state index is 13.2. The molecule has 1 amide bonds. The molecule has 1 aliphatic carbocycles. The zero-order valence-corrected chi connectivity index (χ0v) is 31.9. The van der Waals surface area contributed by atoms with Crippen molar-refractivity contribution in [3.05, 3.63) is 59.7 Å².